The van der Waals surface area contributed by atoms with Crippen molar-refractivity contribution < 1.29 is 4.74 Å². The van der Waals surface area contributed by atoms with Gasteiger partial charge < -0.3 is 15.4 Å². The molecule has 0 spiro atoms. The van der Waals surface area contributed by atoms with E-state index in [0.29, 0.717) is 6.10 Å². The molecule has 1 saturated carbocycles. The van der Waals surface area contributed by atoms with Crippen molar-refractivity contribution in [2.45, 2.75) is 64.5 Å². The first kappa shape index (κ1) is 18.2. The number of thiazole rings is 1. The van der Waals surface area contributed by atoms with Gasteiger partial charge in [0.2, 0.25) is 0 Å². The predicted molar refractivity (Wildman–Crippen MR) is 97.1 cm³/mol. The van der Waals surface area contributed by atoms with E-state index in [2.05, 4.69) is 32.9 Å². The van der Waals surface area contributed by atoms with E-state index in [1.807, 2.05) is 0 Å². The molecule has 0 radical (unpaired) electrons. The van der Waals surface area contributed by atoms with Crippen LogP contribution in [0.2, 0.25) is 0 Å². The average molecular weight is 339 g/mol. The maximum Gasteiger partial charge on any atom is 0.191 e. The van der Waals surface area contributed by atoms with Crippen LogP contribution in [0.1, 0.15) is 56.2 Å². The first-order valence-electron chi connectivity index (χ1n) is 8.81. The summed E-state index contributed by atoms with van der Waals surface area (Å²) in [6, 6.07) is 0. The summed E-state index contributed by atoms with van der Waals surface area (Å²) in [5.74, 6) is 0.828. The van der Waals surface area contributed by atoms with Gasteiger partial charge in [-0.05, 0) is 25.7 Å². The molecule has 1 heterocycles. The summed E-state index contributed by atoms with van der Waals surface area (Å²) in [5, 5.41) is 9.93. The highest BCUT2D eigenvalue weighted by atomic mass is 32.1. The van der Waals surface area contributed by atoms with Crippen molar-refractivity contribution in [3.05, 3.63) is 16.1 Å². The summed E-state index contributed by atoms with van der Waals surface area (Å²) < 4.78 is 5.93. The Bertz CT molecular complexity index is 469. The Morgan fingerprint density at radius 1 is 1.35 bits per heavy atom. The monoisotopic (exact) mass is 338 g/mol. The zero-order valence-electron chi connectivity index (χ0n) is 14.4. The highest BCUT2D eigenvalue weighted by Gasteiger charge is 2.12. The van der Waals surface area contributed by atoms with E-state index in [4.69, 9.17) is 4.74 Å². The maximum atomic E-state index is 5.93. The molecule has 2 N–H and O–H groups in total. The Balaban J connectivity index is 1.55. The minimum absolute atomic E-state index is 0.499. The molecule has 0 unspecified atom stereocenters. The van der Waals surface area contributed by atoms with Gasteiger partial charge in [-0.1, -0.05) is 26.2 Å². The van der Waals surface area contributed by atoms with E-state index in [9.17, 15) is 0 Å². The molecule has 5 nitrogen and oxygen atoms in total. The first-order valence-corrected chi connectivity index (χ1v) is 9.69. The number of nitrogens with one attached hydrogen (secondary N) is 2. The fraction of sp³-hybridized carbons (Fsp3) is 0.765. The summed E-state index contributed by atoms with van der Waals surface area (Å²) in [6.45, 7) is 4.56. The topological polar surface area (TPSA) is 58.5 Å². The molecule has 130 valence electrons. The Morgan fingerprint density at radius 3 is 2.87 bits per heavy atom. The van der Waals surface area contributed by atoms with Crippen LogP contribution in [0.3, 0.4) is 0 Å². The number of rotatable bonds is 8. The number of ether oxygens (including phenoxy) is 1. The number of hydrogen-bond acceptors (Lipinski definition) is 4. The van der Waals surface area contributed by atoms with Crippen LogP contribution in [0, 0.1) is 0 Å². The quantitative estimate of drug-likeness (QED) is 0.434. The Labute approximate surface area is 144 Å². The van der Waals surface area contributed by atoms with Gasteiger partial charge in [-0.15, -0.1) is 11.3 Å². The van der Waals surface area contributed by atoms with Gasteiger partial charge >= 0.3 is 0 Å². The molecular formula is C17H30N4OS. The van der Waals surface area contributed by atoms with Crippen molar-refractivity contribution in [1.82, 2.24) is 15.6 Å². The van der Waals surface area contributed by atoms with E-state index in [1.165, 1.54) is 37.1 Å². The summed E-state index contributed by atoms with van der Waals surface area (Å²) >= 11 is 1.72. The zero-order chi connectivity index (χ0) is 16.3. The molecule has 0 aliphatic heterocycles. The van der Waals surface area contributed by atoms with Crippen LogP contribution < -0.4 is 10.6 Å². The largest absolute Gasteiger partial charge is 0.378 e. The third-order valence-electron chi connectivity index (χ3n) is 4.08. The molecular weight excluding hydrogens is 308 g/mol. The van der Waals surface area contributed by atoms with Crippen LogP contribution in [-0.2, 0) is 17.7 Å². The summed E-state index contributed by atoms with van der Waals surface area (Å²) in [5.41, 5.74) is 1.08. The number of guanidine groups is 1. The standard InChI is InChI=1S/C17H30N4OS/c1-3-16-21-14(13-23-16)12-20-17(18-2)19-10-7-11-22-15-8-5-4-6-9-15/h13,15H,3-12H2,1-2H3,(H2,18,19,20). The smallest absolute Gasteiger partial charge is 0.191 e. The van der Waals surface area contributed by atoms with Crippen molar-refractivity contribution in [2.24, 2.45) is 4.99 Å². The summed E-state index contributed by atoms with van der Waals surface area (Å²) in [6.07, 6.45) is 9.02. The normalized spacial score (nSPS) is 16.5. The van der Waals surface area contributed by atoms with Crippen LogP contribution in [0.5, 0.6) is 0 Å². The Hall–Kier alpha value is -1.14. The molecule has 0 bridgehead atoms. The SMILES string of the molecule is CCc1nc(CNC(=NC)NCCCOC2CCCCC2)cs1. The molecule has 1 aromatic rings. The van der Waals surface area contributed by atoms with Gasteiger partial charge in [0.15, 0.2) is 5.96 Å². The van der Waals surface area contributed by atoms with Gasteiger partial charge in [0.05, 0.1) is 23.4 Å². The second-order valence-corrected chi connectivity index (χ2v) is 6.87. The van der Waals surface area contributed by atoms with Crippen molar-refractivity contribution in [3.8, 4) is 0 Å². The van der Waals surface area contributed by atoms with Gasteiger partial charge in [-0.2, -0.15) is 0 Å². The number of nitrogens with zero attached hydrogens (tertiary/aromatic N) is 2. The van der Waals surface area contributed by atoms with E-state index >= 15 is 0 Å². The maximum absolute atomic E-state index is 5.93. The van der Waals surface area contributed by atoms with Crippen LogP contribution in [0.15, 0.2) is 10.4 Å². The van der Waals surface area contributed by atoms with Gasteiger partial charge in [-0.3, -0.25) is 4.99 Å². The van der Waals surface area contributed by atoms with E-state index in [-0.39, 0.29) is 0 Å². The van der Waals surface area contributed by atoms with Crippen molar-refractivity contribution >= 4 is 17.3 Å². The highest BCUT2D eigenvalue weighted by molar-refractivity contribution is 7.09. The van der Waals surface area contributed by atoms with Crippen LogP contribution in [0.4, 0.5) is 0 Å². The average Bonchev–Trinajstić information content (AvgIpc) is 3.06. The number of aliphatic imine (C=N–C) groups is 1. The number of aromatic nitrogens is 1. The first-order chi connectivity index (χ1) is 11.3. The van der Waals surface area contributed by atoms with Crippen LogP contribution in [-0.4, -0.2) is 37.2 Å². The third-order valence-corrected chi connectivity index (χ3v) is 5.12. The highest BCUT2D eigenvalue weighted by Crippen LogP contribution is 2.20. The molecule has 2 rings (SSSR count). The van der Waals surface area contributed by atoms with E-state index in [1.54, 1.807) is 18.4 Å². The third kappa shape index (κ3) is 6.87. The minimum Gasteiger partial charge on any atom is -0.378 e. The molecule has 1 fully saturated rings. The minimum atomic E-state index is 0.499. The predicted octanol–water partition coefficient (Wildman–Crippen LogP) is 3.11. The fourth-order valence-electron chi connectivity index (χ4n) is 2.75. The second kappa shape index (κ2) is 10.6. The van der Waals surface area contributed by atoms with E-state index < -0.39 is 0 Å². The van der Waals surface area contributed by atoms with Crippen LogP contribution in [0.25, 0.3) is 0 Å². The van der Waals surface area contributed by atoms with Crippen molar-refractivity contribution in [3.63, 3.8) is 0 Å². The molecule has 1 aliphatic carbocycles. The lowest BCUT2D eigenvalue weighted by Crippen LogP contribution is -2.37. The van der Waals surface area contributed by atoms with Gasteiger partial charge in [0.1, 0.15) is 0 Å². The van der Waals surface area contributed by atoms with Crippen molar-refractivity contribution in [2.75, 3.05) is 20.2 Å². The van der Waals surface area contributed by atoms with Crippen LogP contribution >= 0.6 is 11.3 Å². The van der Waals surface area contributed by atoms with Gasteiger partial charge in [0.25, 0.3) is 0 Å². The van der Waals surface area contributed by atoms with Crippen molar-refractivity contribution in [1.29, 1.82) is 0 Å². The lowest BCUT2D eigenvalue weighted by molar-refractivity contribution is 0.0277. The molecule has 1 aromatic heterocycles. The molecule has 0 atom stereocenters. The second-order valence-electron chi connectivity index (χ2n) is 5.92. The summed E-state index contributed by atoms with van der Waals surface area (Å²) in [7, 11) is 1.80. The molecule has 0 aromatic carbocycles. The molecule has 1 aliphatic rings. The summed E-state index contributed by atoms with van der Waals surface area (Å²) in [4.78, 5) is 8.80. The number of hydrogen-bond donors (Lipinski definition) is 2. The zero-order valence-corrected chi connectivity index (χ0v) is 15.3. The van der Waals surface area contributed by atoms with Gasteiger partial charge in [-0.25, -0.2) is 4.98 Å². The fourth-order valence-corrected chi connectivity index (χ4v) is 3.49. The molecule has 23 heavy (non-hydrogen) atoms. The van der Waals surface area contributed by atoms with Gasteiger partial charge in [0, 0.05) is 25.6 Å². The molecule has 6 heteroatoms. The lowest BCUT2D eigenvalue weighted by atomic mass is 9.98. The number of aryl methyl sites for hydroxylation is 1. The molecule has 0 amide bonds. The van der Waals surface area contributed by atoms with E-state index in [0.717, 1.165) is 44.2 Å². The Morgan fingerprint density at radius 2 is 2.17 bits per heavy atom. The lowest BCUT2D eigenvalue weighted by Gasteiger charge is -2.22. The molecule has 0 saturated heterocycles. The Kier molecular flexibility index (Phi) is 8.39.